The Labute approximate surface area is 114 Å². The van der Waals surface area contributed by atoms with Gasteiger partial charge >= 0.3 is 0 Å². The van der Waals surface area contributed by atoms with Crippen LogP contribution in [0.2, 0.25) is 5.02 Å². The zero-order valence-electron chi connectivity index (χ0n) is 11.1. The number of nitrogens with one attached hydrogen (secondary N) is 1. The highest BCUT2D eigenvalue weighted by Gasteiger charge is 2.11. The molecule has 1 aromatic carbocycles. The normalized spacial score (nSPS) is 12.4. The Morgan fingerprint density at radius 2 is 2.00 bits per heavy atom. The van der Waals surface area contributed by atoms with Crippen LogP contribution in [-0.2, 0) is 0 Å². The van der Waals surface area contributed by atoms with Crippen molar-refractivity contribution in [2.75, 3.05) is 11.1 Å². The quantitative estimate of drug-likeness (QED) is 0.698. The average molecular weight is 273 g/mol. The number of hydrogen-bond acceptors (Lipinski definition) is 2. The first-order valence-electron chi connectivity index (χ1n) is 6.59. The Kier molecular flexibility index (Phi) is 6.27. The van der Waals surface area contributed by atoms with Gasteiger partial charge in [0.05, 0.1) is 16.4 Å². The smallest absolute Gasteiger partial charge is 0.143 e. The molecule has 1 aromatic rings. The predicted octanol–water partition coefficient (Wildman–Crippen LogP) is 4.83. The first-order valence-corrected chi connectivity index (χ1v) is 6.97. The van der Waals surface area contributed by atoms with E-state index < -0.39 is 5.82 Å². The molecule has 0 fully saturated rings. The van der Waals surface area contributed by atoms with Gasteiger partial charge in [0.25, 0.3) is 0 Å². The molecule has 18 heavy (non-hydrogen) atoms. The Bertz CT molecular complexity index is 382. The summed E-state index contributed by atoms with van der Waals surface area (Å²) in [6.45, 7) is 4.33. The lowest BCUT2D eigenvalue weighted by molar-refractivity contribution is 0.564. The van der Waals surface area contributed by atoms with Gasteiger partial charge < -0.3 is 11.1 Å². The average Bonchev–Trinajstić information content (AvgIpc) is 2.33. The molecule has 0 spiro atoms. The summed E-state index contributed by atoms with van der Waals surface area (Å²) in [6, 6.07) is 3.22. The molecule has 1 unspecified atom stereocenters. The predicted molar refractivity (Wildman–Crippen MR) is 77.7 cm³/mol. The molecule has 0 heterocycles. The minimum absolute atomic E-state index is 0.109. The molecule has 0 saturated carbocycles. The third kappa shape index (κ3) is 4.37. The summed E-state index contributed by atoms with van der Waals surface area (Å²) in [4.78, 5) is 0. The van der Waals surface area contributed by atoms with Crippen LogP contribution in [0.3, 0.4) is 0 Å². The molecule has 0 radical (unpaired) electrons. The number of anilines is 2. The van der Waals surface area contributed by atoms with Crippen molar-refractivity contribution in [2.45, 2.75) is 52.0 Å². The summed E-state index contributed by atoms with van der Waals surface area (Å²) in [5, 5.41) is 3.48. The van der Waals surface area contributed by atoms with Crippen LogP contribution in [0.1, 0.15) is 46.0 Å². The lowest BCUT2D eigenvalue weighted by atomic mass is 10.0. The van der Waals surface area contributed by atoms with Crippen LogP contribution in [0.5, 0.6) is 0 Å². The Balaban J connectivity index is 2.76. The second-order valence-corrected chi connectivity index (χ2v) is 5.03. The Morgan fingerprint density at radius 1 is 1.28 bits per heavy atom. The fourth-order valence-electron chi connectivity index (χ4n) is 1.99. The molecule has 0 aliphatic rings. The van der Waals surface area contributed by atoms with E-state index in [0.717, 1.165) is 24.9 Å². The molecule has 1 atom stereocenters. The Hall–Kier alpha value is -0.960. The molecular weight excluding hydrogens is 251 g/mol. The zero-order chi connectivity index (χ0) is 13.5. The zero-order valence-corrected chi connectivity index (χ0v) is 11.9. The van der Waals surface area contributed by atoms with Gasteiger partial charge in [-0.05, 0) is 18.9 Å². The van der Waals surface area contributed by atoms with Gasteiger partial charge in [0.2, 0.25) is 0 Å². The van der Waals surface area contributed by atoms with E-state index in [-0.39, 0.29) is 5.02 Å². The van der Waals surface area contributed by atoms with Gasteiger partial charge in [0.1, 0.15) is 5.82 Å². The van der Waals surface area contributed by atoms with E-state index in [2.05, 4.69) is 19.2 Å². The molecule has 0 aliphatic heterocycles. The van der Waals surface area contributed by atoms with Crippen molar-refractivity contribution >= 4 is 23.0 Å². The number of unbranched alkanes of at least 4 members (excludes halogenated alkanes) is 1. The number of benzene rings is 1. The fourth-order valence-corrected chi connectivity index (χ4v) is 2.16. The van der Waals surface area contributed by atoms with Gasteiger partial charge in [0.15, 0.2) is 0 Å². The summed E-state index contributed by atoms with van der Waals surface area (Å²) in [6.07, 6.45) is 5.62. The topological polar surface area (TPSA) is 38.0 Å². The molecule has 3 N–H and O–H groups in total. The molecule has 4 heteroatoms. The van der Waals surface area contributed by atoms with Crippen molar-refractivity contribution in [3.8, 4) is 0 Å². The monoisotopic (exact) mass is 272 g/mol. The molecule has 0 aliphatic carbocycles. The standard InChI is InChI=1S/C14H22ClFN2/c1-3-5-7-10(6-4-2)18-14-8-11(15)12(16)9-13(14)17/h8-10,18H,3-7,17H2,1-2H3. The molecular formula is C14H22ClFN2. The van der Waals surface area contributed by atoms with E-state index in [9.17, 15) is 4.39 Å². The van der Waals surface area contributed by atoms with Crippen molar-refractivity contribution in [3.05, 3.63) is 23.0 Å². The van der Waals surface area contributed by atoms with Gasteiger partial charge in [-0.2, -0.15) is 0 Å². The van der Waals surface area contributed by atoms with Crippen molar-refractivity contribution in [1.29, 1.82) is 0 Å². The largest absolute Gasteiger partial charge is 0.397 e. The van der Waals surface area contributed by atoms with Gasteiger partial charge in [-0.25, -0.2) is 4.39 Å². The highest BCUT2D eigenvalue weighted by atomic mass is 35.5. The minimum atomic E-state index is -0.472. The van der Waals surface area contributed by atoms with Crippen LogP contribution >= 0.6 is 11.6 Å². The Morgan fingerprint density at radius 3 is 2.61 bits per heavy atom. The van der Waals surface area contributed by atoms with Gasteiger partial charge in [0, 0.05) is 12.1 Å². The van der Waals surface area contributed by atoms with Crippen LogP contribution in [0.25, 0.3) is 0 Å². The van der Waals surface area contributed by atoms with E-state index in [0.29, 0.717) is 11.7 Å². The van der Waals surface area contributed by atoms with E-state index in [4.69, 9.17) is 17.3 Å². The SMILES string of the molecule is CCCCC(CCC)Nc1cc(Cl)c(F)cc1N. The van der Waals surface area contributed by atoms with Crippen LogP contribution in [0, 0.1) is 5.82 Å². The maximum absolute atomic E-state index is 13.2. The molecule has 0 bridgehead atoms. The number of nitrogens with two attached hydrogens (primary N) is 1. The van der Waals surface area contributed by atoms with Gasteiger partial charge in [-0.3, -0.25) is 0 Å². The highest BCUT2D eigenvalue weighted by molar-refractivity contribution is 6.31. The second-order valence-electron chi connectivity index (χ2n) is 4.63. The summed E-state index contributed by atoms with van der Waals surface area (Å²) in [5.74, 6) is -0.472. The minimum Gasteiger partial charge on any atom is -0.397 e. The first kappa shape index (κ1) is 15.1. The van der Waals surface area contributed by atoms with Crippen LogP contribution in [-0.4, -0.2) is 6.04 Å². The molecule has 2 nitrogen and oxygen atoms in total. The highest BCUT2D eigenvalue weighted by Crippen LogP contribution is 2.28. The van der Waals surface area contributed by atoms with Crippen molar-refractivity contribution in [3.63, 3.8) is 0 Å². The summed E-state index contributed by atoms with van der Waals surface area (Å²) >= 11 is 5.78. The first-order chi connectivity index (χ1) is 8.58. The third-order valence-electron chi connectivity index (χ3n) is 3.00. The van der Waals surface area contributed by atoms with Crippen molar-refractivity contribution in [1.82, 2.24) is 0 Å². The van der Waals surface area contributed by atoms with E-state index in [1.807, 2.05) is 0 Å². The van der Waals surface area contributed by atoms with Gasteiger partial charge in [-0.15, -0.1) is 0 Å². The van der Waals surface area contributed by atoms with Crippen molar-refractivity contribution in [2.24, 2.45) is 0 Å². The van der Waals surface area contributed by atoms with Crippen LogP contribution in [0.15, 0.2) is 12.1 Å². The summed E-state index contributed by atoms with van der Waals surface area (Å²) in [7, 11) is 0. The molecule has 102 valence electrons. The summed E-state index contributed by atoms with van der Waals surface area (Å²) < 4.78 is 13.2. The number of rotatable bonds is 7. The molecule has 0 amide bonds. The second kappa shape index (κ2) is 7.47. The van der Waals surface area contributed by atoms with Gasteiger partial charge in [-0.1, -0.05) is 44.7 Å². The lowest BCUT2D eigenvalue weighted by Gasteiger charge is -2.20. The maximum Gasteiger partial charge on any atom is 0.143 e. The van der Waals surface area contributed by atoms with E-state index in [1.165, 1.54) is 18.9 Å². The number of hydrogen-bond donors (Lipinski definition) is 2. The molecule has 1 rings (SSSR count). The molecule has 0 saturated heterocycles. The van der Waals surface area contributed by atoms with Crippen LogP contribution < -0.4 is 11.1 Å². The van der Waals surface area contributed by atoms with Crippen LogP contribution in [0.4, 0.5) is 15.8 Å². The van der Waals surface area contributed by atoms with E-state index in [1.54, 1.807) is 6.07 Å². The summed E-state index contributed by atoms with van der Waals surface area (Å²) in [5.41, 5.74) is 6.95. The third-order valence-corrected chi connectivity index (χ3v) is 3.28. The van der Waals surface area contributed by atoms with E-state index >= 15 is 0 Å². The maximum atomic E-state index is 13.2. The number of halogens is 2. The fraction of sp³-hybridized carbons (Fsp3) is 0.571. The lowest BCUT2D eigenvalue weighted by Crippen LogP contribution is -2.20. The molecule has 0 aromatic heterocycles. The number of nitrogen functional groups attached to an aromatic ring is 1. The van der Waals surface area contributed by atoms with Crippen molar-refractivity contribution < 1.29 is 4.39 Å².